The first-order valence-corrected chi connectivity index (χ1v) is 7.23. The van der Waals surface area contributed by atoms with E-state index >= 15 is 0 Å². The molecule has 0 aliphatic carbocycles. The number of aryl methyl sites for hydroxylation is 1. The van der Waals surface area contributed by atoms with Crippen LogP contribution in [0.4, 0.5) is 4.39 Å². The van der Waals surface area contributed by atoms with Crippen LogP contribution < -0.4 is 11.3 Å². The van der Waals surface area contributed by atoms with E-state index in [1.807, 2.05) is 13.0 Å². The Hall–Kier alpha value is -2.06. The van der Waals surface area contributed by atoms with Crippen LogP contribution in [0, 0.1) is 6.92 Å². The molecule has 3 heterocycles. The van der Waals surface area contributed by atoms with Gasteiger partial charge in [0.1, 0.15) is 17.3 Å². The van der Waals surface area contributed by atoms with Crippen LogP contribution in [-0.4, -0.2) is 19.7 Å². The number of aromatic amines is 1. The van der Waals surface area contributed by atoms with E-state index in [4.69, 9.17) is 5.73 Å². The second-order valence-corrected chi connectivity index (χ2v) is 5.96. The zero-order chi connectivity index (χ0) is 15.0. The minimum Gasteiger partial charge on any atom is -0.326 e. The third-order valence-corrected chi connectivity index (χ3v) is 4.10. The van der Waals surface area contributed by atoms with E-state index in [0.717, 1.165) is 4.88 Å². The number of halogens is 1. The zero-order valence-corrected chi connectivity index (χ0v) is 12.2. The Morgan fingerprint density at radius 3 is 3.00 bits per heavy atom. The number of nitrogens with two attached hydrogens (primary N) is 1. The minimum absolute atomic E-state index is 0.170. The van der Waals surface area contributed by atoms with E-state index < -0.39 is 6.67 Å². The van der Waals surface area contributed by atoms with Crippen LogP contribution in [0.1, 0.15) is 22.0 Å². The SMILES string of the molecule is Cc1cc2c(=O)[nH]c(Cn3cc(CN)c(CF)n3)nc2s1. The van der Waals surface area contributed by atoms with E-state index in [0.29, 0.717) is 27.3 Å². The molecule has 0 amide bonds. The Morgan fingerprint density at radius 2 is 2.33 bits per heavy atom. The van der Waals surface area contributed by atoms with E-state index in [1.54, 1.807) is 10.9 Å². The Kier molecular flexibility index (Phi) is 3.56. The highest BCUT2D eigenvalue weighted by molar-refractivity contribution is 7.18. The largest absolute Gasteiger partial charge is 0.326 e. The lowest BCUT2D eigenvalue weighted by Crippen LogP contribution is -2.13. The molecule has 0 atom stereocenters. The standard InChI is InChI=1S/C13H14FN5OS/c1-7-2-9-12(20)16-11(17-13(9)21-7)6-19-5-8(4-15)10(3-14)18-19/h2,5H,3-4,6,15H2,1H3,(H,16,17,20). The molecule has 0 aliphatic rings. The number of nitrogens with one attached hydrogen (secondary N) is 1. The first kappa shape index (κ1) is 13.9. The summed E-state index contributed by atoms with van der Waals surface area (Å²) in [5.74, 6) is 0.492. The number of hydrogen-bond acceptors (Lipinski definition) is 5. The van der Waals surface area contributed by atoms with Crippen LogP contribution in [0.3, 0.4) is 0 Å². The lowest BCUT2D eigenvalue weighted by Gasteiger charge is -2.01. The van der Waals surface area contributed by atoms with Crippen molar-refractivity contribution in [3.8, 4) is 0 Å². The molecule has 3 aromatic rings. The lowest BCUT2D eigenvalue weighted by atomic mass is 10.3. The molecule has 0 radical (unpaired) electrons. The normalized spacial score (nSPS) is 11.4. The molecule has 3 aromatic heterocycles. The first-order chi connectivity index (χ1) is 10.1. The van der Waals surface area contributed by atoms with Crippen LogP contribution in [0.25, 0.3) is 10.2 Å². The fourth-order valence-corrected chi connectivity index (χ4v) is 3.09. The molecule has 0 aliphatic heterocycles. The lowest BCUT2D eigenvalue weighted by molar-refractivity contribution is 0.466. The Balaban J connectivity index is 1.97. The van der Waals surface area contributed by atoms with Crippen molar-refractivity contribution in [3.05, 3.63) is 44.6 Å². The fraction of sp³-hybridized carbons (Fsp3) is 0.308. The molecule has 3 N–H and O–H groups in total. The molecule has 3 rings (SSSR count). The van der Waals surface area contributed by atoms with Gasteiger partial charge in [0.2, 0.25) is 0 Å². The summed E-state index contributed by atoms with van der Waals surface area (Å²) in [6, 6.07) is 1.82. The summed E-state index contributed by atoms with van der Waals surface area (Å²) < 4.78 is 14.3. The smallest absolute Gasteiger partial charge is 0.259 e. The molecule has 0 spiro atoms. The predicted molar refractivity (Wildman–Crippen MR) is 79.0 cm³/mol. The van der Waals surface area contributed by atoms with Gasteiger partial charge in [0.05, 0.1) is 17.6 Å². The van der Waals surface area contributed by atoms with Crippen LogP contribution >= 0.6 is 11.3 Å². The first-order valence-electron chi connectivity index (χ1n) is 6.41. The van der Waals surface area contributed by atoms with Gasteiger partial charge in [-0.25, -0.2) is 9.37 Å². The van der Waals surface area contributed by atoms with Crippen molar-refractivity contribution in [1.82, 2.24) is 19.7 Å². The average molecular weight is 307 g/mol. The van der Waals surface area contributed by atoms with Crippen molar-refractivity contribution >= 4 is 21.6 Å². The van der Waals surface area contributed by atoms with Crippen LogP contribution in [-0.2, 0) is 19.8 Å². The maximum Gasteiger partial charge on any atom is 0.259 e. The number of fused-ring (bicyclic) bond motifs is 1. The van der Waals surface area contributed by atoms with E-state index in [-0.39, 0.29) is 18.6 Å². The van der Waals surface area contributed by atoms with Crippen molar-refractivity contribution < 1.29 is 4.39 Å². The molecule has 6 nitrogen and oxygen atoms in total. The Labute approximate surface area is 123 Å². The Morgan fingerprint density at radius 1 is 1.52 bits per heavy atom. The molecule has 0 fully saturated rings. The molecule has 110 valence electrons. The zero-order valence-electron chi connectivity index (χ0n) is 11.4. The number of rotatable bonds is 4. The number of aromatic nitrogens is 4. The molecule has 0 bridgehead atoms. The van der Waals surface area contributed by atoms with E-state index in [1.165, 1.54) is 11.3 Å². The van der Waals surface area contributed by atoms with Gasteiger partial charge in [0, 0.05) is 23.2 Å². The molecule has 8 heteroatoms. The molecular formula is C13H14FN5OS. The number of nitrogens with zero attached hydrogens (tertiary/aromatic N) is 3. The summed E-state index contributed by atoms with van der Waals surface area (Å²) >= 11 is 1.47. The molecule has 0 saturated carbocycles. The topological polar surface area (TPSA) is 89.6 Å². The maximum absolute atomic E-state index is 12.8. The summed E-state index contributed by atoms with van der Waals surface area (Å²) in [5.41, 5.74) is 6.36. The summed E-state index contributed by atoms with van der Waals surface area (Å²) in [4.78, 5) is 20.9. The predicted octanol–water partition coefficient (Wildman–Crippen LogP) is 1.47. The summed E-state index contributed by atoms with van der Waals surface area (Å²) in [5, 5.41) is 4.70. The highest BCUT2D eigenvalue weighted by atomic mass is 32.1. The summed E-state index contributed by atoms with van der Waals surface area (Å²) in [6.07, 6.45) is 1.68. The van der Waals surface area contributed by atoms with Gasteiger partial charge in [-0.05, 0) is 13.0 Å². The third kappa shape index (κ3) is 2.59. The van der Waals surface area contributed by atoms with Crippen molar-refractivity contribution in [3.63, 3.8) is 0 Å². The van der Waals surface area contributed by atoms with Gasteiger partial charge in [-0.2, -0.15) is 5.10 Å². The van der Waals surface area contributed by atoms with Gasteiger partial charge in [-0.15, -0.1) is 11.3 Å². The van der Waals surface area contributed by atoms with Gasteiger partial charge >= 0.3 is 0 Å². The van der Waals surface area contributed by atoms with Gasteiger partial charge in [-0.3, -0.25) is 9.48 Å². The van der Waals surface area contributed by atoms with E-state index in [2.05, 4.69) is 15.1 Å². The van der Waals surface area contributed by atoms with Crippen LogP contribution in [0.2, 0.25) is 0 Å². The fourth-order valence-electron chi connectivity index (χ4n) is 2.19. The van der Waals surface area contributed by atoms with Crippen molar-refractivity contribution in [2.24, 2.45) is 5.73 Å². The number of thiophene rings is 1. The van der Waals surface area contributed by atoms with Gasteiger partial charge in [0.25, 0.3) is 5.56 Å². The summed E-state index contributed by atoms with van der Waals surface area (Å²) in [7, 11) is 0. The second kappa shape index (κ2) is 5.38. The van der Waals surface area contributed by atoms with Gasteiger partial charge in [-0.1, -0.05) is 0 Å². The molecule has 21 heavy (non-hydrogen) atoms. The van der Waals surface area contributed by atoms with Crippen molar-refractivity contribution in [2.45, 2.75) is 26.7 Å². The molecule has 0 unspecified atom stereocenters. The average Bonchev–Trinajstić information content (AvgIpc) is 3.01. The third-order valence-electron chi connectivity index (χ3n) is 3.16. The van der Waals surface area contributed by atoms with E-state index in [9.17, 15) is 9.18 Å². The monoisotopic (exact) mass is 307 g/mol. The highest BCUT2D eigenvalue weighted by Crippen LogP contribution is 2.20. The van der Waals surface area contributed by atoms with Crippen LogP contribution in [0.5, 0.6) is 0 Å². The Bertz CT molecular complexity index is 828. The van der Waals surface area contributed by atoms with Crippen LogP contribution in [0.15, 0.2) is 17.1 Å². The number of alkyl halides is 1. The van der Waals surface area contributed by atoms with Gasteiger partial charge in [0.15, 0.2) is 0 Å². The molecule has 0 aromatic carbocycles. The second-order valence-electron chi connectivity index (χ2n) is 4.72. The minimum atomic E-state index is -0.660. The van der Waals surface area contributed by atoms with Gasteiger partial charge < -0.3 is 10.7 Å². The number of H-pyrrole nitrogens is 1. The molecular weight excluding hydrogens is 293 g/mol. The quantitative estimate of drug-likeness (QED) is 0.763. The number of hydrogen-bond donors (Lipinski definition) is 2. The molecule has 0 saturated heterocycles. The highest BCUT2D eigenvalue weighted by Gasteiger charge is 2.10. The maximum atomic E-state index is 12.8. The van der Waals surface area contributed by atoms with Crippen molar-refractivity contribution in [1.29, 1.82) is 0 Å². The summed E-state index contributed by atoms with van der Waals surface area (Å²) in [6.45, 7) is 1.77. The van der Waals surface area contributed by atoms with Crippen molar-refractivity contribution in [2.75, 3.05) is 0 Å².